The molecule has 1 fully saturated rings. The standard InChI is InChI=1S/C9H19O5S/c1-10-15(11-2)14-6-4-3-5-12-7-9-8-13-9/h9H,3-8H2,1-2H3/q+1. The topological polar surface area (TPSA) is 49.5 Å². The number of hydrogen-bond acceptors (Lipinski definition) is 5. The van der Waals surface area contributed by atoms with E-state index >= 15 is 0 Å². The maximum Gasteiger partial charge on any atom is 0.507 e. The first-order valence-corrected chi connectivity index (χ1v) is 6.02. The van der Waals surface area contributed by atoms with Gasteiger partial charge in [0.1, 0.15) is 12.7 Å². The molecular weight excluding hydrogens is 220 g/mol. The van der Waals surface area contributed by atoms with Crippen LogP contribution in [0.5, 0.6) is 0 Å². The zero-order valence-corrected chi connectivity index (χ0v) is 10.1. The Bertz CT molecular complexity index is 149. The molecule has 0 aromatic heterocycles. The van der Waals surface area contributed by atoms with Gasteiger partial charge >= 0.3 is 11.7 Å². The molecule has 0 spiro atoms. The maximum absolute atomic E-state index is 5.38. The fourth-order valence-corrected chi connectivity index (χ4v) is 1.56. The highest BCUT2D eigenvalue weighted by atomic mass is 32.3. The van der Waals surface area contributed by atoms with E-state index in [2.05, 4.69) is 0 Å². The smallest absolute Gasteiger partial charge is 0.379 e. The molecule has 5 nitrogen and oxygen atoms in total. The number of ether oxygens (including phenoxy) is 2. The SMILES string of the molecule is CO[S+](OC)OCCCCOCC1CO1. The van der Waals surface area contributed by atoms with Crippen LogP contribution in [0.1, 0.15) is 12.8 Å². The van der Waals surface area contributed by atoms with Gasteiger partial charge in [0, 0.05) is 6.61 Å². The Kier molecular flexibility index (Phi) is 7.33. The largest absolute Gasteiger partial charge is 0.507 e. The molecule has 1 heterocycles. The zero-order valence-electron chi connectivity index (χ0n) is 9.27. The van der Waals surface area contributed by atoms with Crippen LogP contribution in [0.3, 0.4) is 0 Å². The summed E-state index contributed by atoms with van der Waals surface area (Å²) in [5.41, 5.74) is 0. The highest BCUT2D eigenvalue weighted by Crippen LogP contribution is 2.08. The summed E-state index contributed by atoms with van der Waals surface area (Å²) < 4.78 is 25.5. The highest BCUT2D eigenvalue weighted by Gasteiger charge is 2.22. The van der Waals surface area contributed by atoms with Gasteiger partial charge in [-0.2, -0.15) is 0 Å². The van der Waals surface area contributed by atoms with E-state index in [9.17, 15) is 0 Å². The normalized spacial score (nSPS) is 19.8. The average molecular weight is 239 g/mol. The second kappa shape index (κ2) is 8.32. The highest BCUT2D eigenvalue weighted by molar-refractivity contribution is 7.82. The Morgan fingerprint density at radius 2 is 1.87 bits per heavy atom. The fraction of sp³-hybridized carbons (Fsp3) is 1.00. The van der Waals surface area contributed by atoms with Crippen LogP contribution in [0.15, 0.2) is 0 Å². The van der Waals surface area contributed by atoms with Crippen molar-refractivity contribution in [2.45, 2.75) is 18.9 Å². The molecule has 1 atom stereocenters. The van der Waals surface area contributed by atoms with Crippen molar-refractivity contribution in [3.05, 3.63) is 0 Å². The van der Waals surface area contributed by atoms with Crippen LogP contribution in [-0.4, -0.2) is 46.8 Å². The summed E-state index contributed by atoms with van der Waals surface area (Å²) in [5, 5.41) is 0. The van der Waals surface area contributed by atoms with Gasteiger partial charge < -0.3 is 9.47 Å². The Balaban J connectivity index is 1.75. The van der Waals surface area contributed by atoms with Gasteiger partial charge in [-0.05, 0) is 12.8 Å². The van der Waals surface area contributed by atoms with E-state index in [4.69, 9.17) is 22.0 Å². The van der Waals surface area contributed by atoms with Gasteiger partial charge in [-0.25, -0.2) is 0 Å². The van der Waals surface area contributed by atoms with Crippen LogP contribution in [0.25, 0.3) is 0 Å². The van der Waals surface area contributed by atoms with Gasteiger partial charge in [-0.1, -0.05) is 0 Å². The van der Waals surface area contributed by atoms with Crippen molar-refractivity contribution < 1.29 is 22.0 Å². The minimum atomic E-state index is -0.804. The molecule has 0 bridgehead atoms. The predicted molar refractivity (Wildman–Crippen MR) is 57.1 cm³/mol. The minimum absolute atomic E-state index is 0.356. The maximum atomic E-state index is 5.38. The molecule has 0 radical (unpaired) electrons. The lowest BCUT2D eigenvalue weighted by atomic mass is 10.3. The monoisotopic (exact) mass is 239 g/mol. The van der Waals surface area contributed by atoms with Crippen molar-refractivity contribution in [3.63, 3.8) is 0 Å². The van der Waals surface area contributed by atoms with Gasteiger partial charge in [-0.3, -0.25) is 0 Å². The van der Waals surface area contributed by atoms with E-state index in [-0.39, 0.29) is 0 Å². The molecule has 15 heavy (non-hydrogen) atoms. The first kappa shape index (κ1) is 13.2. The van der Waals surface area contributed by atoms with E-state index in [0.29, 0.717) is 12.7 Å². The third-order valence-corrected chi connectivity index (χ3v) is 2.74. The number of unbranched alkanes of at least 4 members (excludes halogenated alkanes) is 1. The summed E-state index contributed by atoms with van der Waals surface area (Å²) in [5.74, 6) is 0. The molecule has 6 heteroatoms. The van der Waals surface area contributed by atoms with E-state index in [1.54, 1.807) is 14.2 Å². The van der Waals surface area contributed by atoms with Crippen molar-refractivity contribution in [1.29, 1.82) is 0 Å². The average Bonchev–Trinajstić information content (AvgIpc) is 3.06. The van der Waals surface area contributed by atoms with Gasteiger partial charge in [0.2, 0.25) is 0 Å². The van der Waals surface area contributed by atoms with Crippen LogP contribution in [0, 0.1) is 0 Å². The van der Waals surface area contributed by atoms with Crippen molar-refractivity contribution in [2.75, 3.05) is 40.6 Å². The Labute approximate surface area is 93.9 Å². The lowest BCUT2D eigenvalue weighted by molar-refractivity contribution is 0.109. The van der Waals surface area contributed by atoms with Gasteiger partial charge in [0.25, 0.3) is 0 Å². The lowest BCUT2D eigenvalue weighted by Crippen LogP contribution is -2.12. The van der Waals surface area contributed by atoms with Crippen molar-refractivity contribution in [3.8, 4) is 0 Å². The van der Waals surface area contributed by atoms with E-state index < -0.39 is 11.7 Å². The molecular formula is C9H19O5S+. The molecule has 1 saturated heterocycles. The third-order valence-electron chi connectivity index (χ3n) is 1.84. The van der Waals surface area contributed by atoms with Gasteiger partial charge in [-0.15, -0.1) is 12.5 Å². The molecule has 1 aliphatic rings. The Hall–Kier alpha value is 0.150. The number of hydrogen-bond donors (Lipinski definition) is 0. The second-order valence-electron chi connectivity index (χ2n) is 3.10. The summed E-state index contributed by atoms with van der Waals surface area (Å²) >= 11 is -0.804. The molecule has 0 aromatic rings. The van der Waals surface area contributed by atoms with Gasteiger partial charge in [0.15, 0.2) is 0 Å². The Morgan fingerprint density at radius 1 is 1.20 bits per heavy atom. The molecule has 0 aliphatic carbocycles. The number of epoxide rings is 1. The predicted octanol–water partition coefficient (Wildman–Crippen LogP) is 0.855. The number of rotatable bonds is 10. The summed E-state index contributed by atoms with van der Waals surface area (Å²) in [7, 11) is 3.12. The van der Waals surface area contributed by atoms with E-state index in [1.165, 1.54) is 0 Å². The summed E-state index contributed by atoms with van der Waals surface area (Å²) in [4.78, 5) is 0. The van der Waals surface area contributed by atoms with Crippen LogP contribution < -0.4 is 0 Å². The molecule has 1 unspecified atom stereocenters. The quantitative estimate of drug-likeness (QED) is 0.321. The molecule has 0 aromatic carbocycles. The van der Waals surface area contributed by atoms with Crippen LogP contribution in [0.2, 0.25) is 0 Å². The zero-order chi connectivity index (χ0) is 10.9. The van der Waals surface area contributed by atoms with Crippen molar-refractivity contribution in [1.82, 2.24) is 0 Å². The van der Waals surface area contributed by atoms with E-state index in [1.807, 2.05) is 0 Å². The second-order valence-corrected chi connectivity index (χ2v) is 4.41. The fourth-order valence-electron chi connectivity index (χ4n) is 0.976. The van der Waals surface area contributed by atoms with E-state index in [0.717, 1.165) is 32.7 Å². The molecule has 1 rings (SSSR count). The van der Waals surface area contributed by atoms with Crippen molar-refractivity contribution in [2.24, 2.45) is 0 Å². The molecule has 0 N–H and O–H groups in total. The van der Waals surface area contributed by atoms with Gasteiger partial charge in [0.05, 0.1) is 27.4 Å². The minimum Gasteiger partial charge on any atom is -0.379 e. The molecule has 90 valence electrons. The summed E-state index contributed by atoms with van der Waals surface area (Å²) in [6.45, 7) is 2.97. The summed E-state index contributed by atoms with van der Waals surface area (Å²) in [6.07, 6.45) is 2.29. The molecule has 0 saturated carbocycles. The molecule has 0 amide bonds. The van der Waals surface area contributed by atoms with Crippen molar-refractivity contribution >= 4 is 11.7 Å². The van der Waals surface area contributed by atoms with Crippen LogP contribution in [-0.2, 0) is 33.8 Å². The third kappa shape index (κ3) is 7.10. The summed E-state index contributed by atoms with van der Waals surface area (Å²) in [6, 6.07) is 0. The Morgan fingerprint density at radius 3 is 2.47 bits per heavy atom. The first-order valence-electron chi connectivity index (χ1n) is 5.02. The van der Waals surface area contributed by atoms with Crippen LogP contribution in [0.4, 0.5) is 0 Å². The first-order chi connectivity index (χ1) is 7.36. The van der Waals surface area contributed by atoms with Crippen LogP contribution >= 0.6 is 0 Å². The lowest BCUT2D eigenvalue weighted by Gasteiger charge is -2.01. The molecule has 1 aliphatic heterocycles.